The molecule has 0 N–H and O–H groups in total. The summed E-state index contributed by atoms with van der Waals surface area (Å²) in [5, 5.41) is 0. The lowest BCUT2D eigenvalue weighted by Gasteiger charge is -2.34. The molecule has 31 heavy (non-hydrogen) atoms. The number of anilines is 1. The minimum absolute atomic E-state index is 0.0210. The number of methoxy groups -OCH3 is 1. The van der Waals surface area contributed by atoms with Crippen LogP contribution in [0.25, 0.3) is 0 Å². The predicted octanol–water partition coefficient (Wildman–Crippen LogP) is 2.52. The van der Waals surface area contributed by atoms with Gasteiger partial charge in [0.1, 0.15) is 17.7 Å². The van der Waals surface area contributed by atoms with E-state index in [-0.39, 0.29) is 30.3 Å². The van der Waals surface area contributed by atoms with E-state index in [0.717, 1.165) is 30.0 Å². The predicted molar refractivity (Wildman–Crippen MR) is 115 cm³/mol. The molecule has 164 valence electrons. The second-order valence-electron chi connectivity index (χ2n) is 8.16. The second-order valence-corrected chi connectivity index (χ2v) is 8.16. The summed E-state index contributed by atoms with van der Waals surface area (Å²) >= 11 is 0. The van der Waals surface area contributed by atoms with Crippen molar-refractivity contribution in [2.45, 2.75) is 39.2 Å². The van der Waals surface area contributed by atoms with Gasteiger partial charge in [0.25, 0.3) is 0 Å². The summed E-state index contributed by atoms with van der Waals surface area (Å²) in [6.07, 6.45) is 1.86. The van der Waals surface area contributed by atoms with Gasteiger partial charge >= 0.3 is 0 Å². The molecule has 2 atom stereocenters. The van der Waals surface area contributed by atoms with Crippen molar-refractivity contribution in [3.05, 3.63) is 41.9 Å². The van der Waals surface area contributed by atoms with Crippen LogP contribution < -0.4 is 14.4 Å². The molecule has 2 aliphatic rings. The third kappa shape index (κ3) is 4.78. The van der Waals surface area contributed by atoms with Crippen LogP contribution in [0.5, 0.6) is 11.6 Å². The van der Waals surface area contributed by atoms with Gasteiger partial charge in [-0.05, 0) is 51.0 Å². The number of rotatable bonds is 5. The normalized spacial score (nSPS) is 21.3. The molecule has 2 fully saturated rings. The molecule has 2 aliphatic heterocycles. The molecule has 2 amide bonds. The standard InChI is InChI=1S/C23H28N4O4/c1-15-11-21(25-16(2)24-15)31-20-5-4-10-26(14-20)23(29)17-12-22(28)27(13-17)18-6-8-19(30-3)9-7-18/h6-9,11,17,20H,4-5,10,12-14H2,1-3H3. The summed E-state index contributed by atoms with van der Waals surface area (Å²) < 4.78 is 11.2. The lowest BCUT2D eigenvalue weighted by atomic mass is 10.0. The monoisotopic (exact) mass is 424 g/mol. The molecule has 1 aromatic carbocycles. The van der Waals surface area contributed by atoms with Gasteiger partial charge in [-0.25, -0.2) is 4.98 Å². The van der Waals surface area contributed by atoms with Crippen molar-refractivity contribution in [3.8, 4) is 11.6 Å². The number of carbonyl (C=O) groups excluding carboxylic acids is 2. The van der Waals surface area contributed by atoms with E-state index in [2.05, 4.69) is 9.97 Å². The van der Waals surface area contributed by atoms with Crippen LogP contribution >= 0.6 is 0 Å². The van der Waals surface area contributed by atoms with Crippen molar-refractivity contribution in [1.29, 1.82) is 0 Å². The van der Waals surface area contributed by atoms with Gasteiger partial charge in [-0.1, -0.05) is 0 Å². The fourth-order valence-electron chi connectivity index (χ4n) is 4.29. The molecule has 8 heteroatoms. The fourth-order valence-corrected chi connectivity index (χ4v) is 4.29. The third-order valence-corrected chi connectivity index (χ3v) is 5.78. The maximum atomic E-state index is 13.2. The van der Waals surface area contributed by atoms with Gasteiger partial charge in [0.05, 0.1) is 19.6 Å². The van der Waals surface area contributed by atoms with E-state index in [1.165, 1.54) is 0 Å². The van der Waals surface area contributed by atoms with Crippen molar-refractivity contribution < 1.29 is 19.1 Å². The van der Waals surface area contributed by atoms with Crippen molar-refractivity contribution in [3.63, 3.8) is 0 Å². The summed E-state index contributed by atoms with van der Waals surface area (Å²) in [7, 11) is 1.60. The van der Waals surface area contributed by atoms with E-state index in [4.69, 9.17) is 9.47 Å². The number of benzene rings is 1. The summed E-state index contributed by atoms with van der Waals surface area (Å²) in [4.78, 5) is 37.9. The van der Waals surface area contributed by atoms with Gasteiger partial charge < -0.3 is 19.3 Å². The molecular weight excluding hydrogens is 396 g/mol. The zero-order valence-electron chi connectivity index (χ0n) is 18.2. The van der Waals surface area contributed by atoms with Crippen LogP contribution in [0.2, 0.25) is 0 Å². The largest absolute Gasteiger partial charge is 0.497 e. The Morgan fingerprint density at radius 3 is 2.61 bits per heavy atom. The average molecular weight is 425 g/mol. The van der Waals surface area contributed by atoms with Crippen molar-refractivity contribution in [2.24, 2.45) is 5.92 Å². The Hall–Kier alpha value is -3.16. The van der Waals surface area contributed by atoms with Gasteiger partial charge in [0.15, 0.2) is 0 Å². The first kappa shape index (κ1) is 21.1. The van der Waals surface area contributed by atoms with E-state index >= 15 is 0 Å². The van der Waals surface area contributed by atoms with E-state index in [9.17, 15) is 9.59 Å². The molecule has 2 saturated heterocycles. The Balaban J connectivity index is 1.38. The molecule has 0 saturated carbocycles. The first-order chi connectivity index (χ1) is 14.9. The lowest BCUT2D eigenvalue weighted by Crippen LogP contribution is -2.47. The number of ether oxygens (including phenoxy) is 2. The number of hydrogen-bond acceptors (Lipinski definition) is 6. The molecule has 3 heterocycles. The van der Waals surface area contributed by atoms with Crippen LogP contribution in [0.4, 0.5) is 5.69 Å². The van der Waals surface area contributed by atoms with Crippen LogP contribution in [-0.4, -0.2) is 59.5 Å². The summed E-state index contributed by atoms with van der Waals surface area (Å²) in [6, 6.07) is 9.15. The van der Waals surface area contributed by atoms with Gasteiger partial charge in [0.2, 0.25) is 17.7 Å². The van der Waals surface area contributed by atoms with Crippen LogP contribution in [0, 0.1) is 19.8 Å². The zero-order chi connectivity index (χ0) is 22.0. The number of aryl methyl sites for hydroxylation is 2. The average Bonchev–Trinajstić information content (AvgIpc) is 3.14. The Bertz CT molecular complexity index is 942. The highest BCUT2D eigenvalue weighted by Gasteiger charge is 2.38. The topological polar surface area (TPSA) is 84.9 Å². The Morgan fingerprint density at radius 2 is 1.90 bits per heavy atom. The first-order valence-electron chi connectivity index (χ1n) is 10.6. The van der Waals surface area contributed by atoms with Crippen LogP contribution in [0.15, 0.2) is 30.3 Å². The van der Waals surface area contributed by atoms with Crippen LogP contribution in [0.3, 0.4) is 0 Å². The maximum absolute atomic E-state index is 13.2. The molecule has 4 rings (SSSR count). The molecule has 1 aromatic heterocycles. The molecule has 0 bridgehead atoms. The smallest absolute Gasteiger partial charge is 0.228 e. The zero-order valence-corrected chi connectivity index (χ0v) is 18.2. The van der Waals surface area contributed by atoms with E-state index < -0.39 is 0 Å². The van der Waals surface area contributed by atoms with Gasteiger partial charge in [-0.3, -0.25) is 9.59 Å². The van der Waals surface area contributed by atoms with Gasteiger partial charge in [0, 0.05) is 37.0 Å². The van der Waals surface area contributed by atoms with Gasteiger partial charge in [-0.2, -0.15) is 4.98 Å². The molecule has 0 radical (unpaired) electrons. The number of carbonyl (C=O) groups is 2. The highest BCUT2D eigenvalue weighted by Crippen LogP contribution is 2.29. The van der Waals surface area contributed by atoms with Crippen LogP contribution in [0.1, 0.15) is 30.8 Å². The number of likely N-dealkylation sites (tertiary alicyclic amines) is 1. The van der Waals surface area contributed by atoms with E-state index in [1.807, 2.05) is 49.1 Å². The molecule has 0 spiro atoms. The minimum atomic E-state index is -0.336. The first-order valence-corrected chi connectivity index (χ1v) is 10.6. The summed E-state index contributed by atoms with van der Waals surface area (Å²) in [5.41, 5.74) is 1.64. The molecule has 2 unspecified atom stereocenters. The van der Waals surface area contributed by atoms with Gasteiger partial charge in [-0.15, -0.1) is 0 Å². The van der Waals surface area contributed by atoms with Crippen molar-refractivity contribution >= 4 is 17.5 Å². The number of hydrogen-bond donors (Lipinski definition) is 0. The maximum Gasteiger partial charge on any atom is 0.228 e. The number of amides is 2. The quantitative estimate of drug-likeness (QED) is 0.733. The summed E-state index contributed by atoms with van der Waals surface area (Å²) in [5.74, 6) is 1.61. The van der Waals surface area contributed by atoms with E-state index in [1.54, 1.807) is 12.0 Å². The molecule has 0 aliphatic carbocycles. The van der Waals surface area contributed by atoms with Crippen LogP contribution in [-0.2, 0) is 9.59 Å². The van der Waals surface area contributed by atoms with Crippen molar-refractivity contribution in [1.82, 2.24) is 14.9 Å². The molecule has 8 nitrogen and oxygen atoms in total. The summed E-state index contributed by atoms with van der Waals surface area (Å²) in [6.45, 7) is 5.34. The Kier molecular flexibility index (Phi) is 6.06. The lowest BCUT2D eigenvalue weighted by molar-refractivity contribution is -0.138. The minimum Gasteiger partial charge on any atom is -0.497 e. The highest BCUT2D eigenvalue weighted by molar-refractivity contribution is 6.00. The number of piperidine rings is 1. The van der Waals surface area contributed by atoms with Crippen molar-refractivity contribution in [2.75, 3.05) is 31.6 Å². The number of aromatic nitrogens is 2. The highest BCUT2D eigenvalue weighted by atomic mass is 16.5. The molecular formula is C23H28N4O4. The fraction of sp³-hybridized carbons (Fsp3) is 0.478. The number of nitrogens with zero attached hydrogens (tertiary/aromatic N) is 4. The third-order valence-electron chi connectivity index (χ3n) is 5.78. The Morgan fingerprint density at radius 1 is 1.13 bits per heavy atom. The SMILES string of the molecule is COc1ccc(N2CC(C(=O)N3CCCC(Oc4cc(C)nc(C)n4)C3)CC2=O)cc1. The Labute approximate surface area is 182 Å². The molecule has 2 aromatic rings. The second kappa shape index (κ2) is 8.91. The van der Waals surface area contributed by atoms with E-state index in [0.29, 0.717) is 31.3 Å².